The smallest absolute Gasteiger partial charge is 0 e. The van der Waals surface area contributed by atoms with E-state index in [2.05, 4.69) is 0 Å². The number of hydrogen-bond acceptors (Lipinski definition) is 0. The van der Waals surface area contributed by atoms with Crippen molar-refractivity contribution in [2.24, 2.45) is 0 Å². The molecule has 0 N–H and O–H groups in total. The summed E-state index contributed by atoms with van der Waals surface area (Å²) in [6, 6.07) is 0. The molecule has 3 fully saturated rings. The molecular formula is C15H15Dy. The molecule has 0 amide bonds. The number of hydrogen-bond donors (Lipinski definition) is 0. The minimum absolute atomic E-state index is 0. The van der Waals surface area contributed by atoms with E-state index >= 15 is 0 Å². The Labute approximate surface area is 133 Å². The zero-order valence-electron chi connectivity index (χ0n) is 8.98. The summed E-state index contributed by atoms with van der Waals surface area (Å²) in [5.74, 6) is 0. The molecule has 1 heteroatoms. The van der Waals surface area contributed by atoms with Crippen LogP contribution < -0.4 is 0 Å². The van der Waals surface area contributed by atoms with E-state index in [4.69, 9.17) is 0 Å². The van der Waals surface area contributed by atoms with Crippen molar-refractivity contribution in [3.8, 4) is 0 Å². The molecule has 0 aliphatic heterocycles. The molecule has 3 saturated carbocycles. The first-order chi connectivity index (χ1) is 7.50. The minimum Gasteiger partial charge on any atom is -0.0312 e. The van der Waals surface area contributed by atoms with Crippen LogP contribution in [0.5, 0.6) is 0 Å². The molecule has 85 valence electrons. The van der Waals surface area contributed by atoms with Gasteiger partial charge in [0.15, 0.2) is 0 Å². The molecule has 0 aromatic heterocycles. The molecule has 0 unspecified atom stereocenters. The van der Waals surface area contributed by atoms with Crippen molar-refractivity contribution < 1.29 is 38.2 Å². The predicted octanol–water partition coefficient (Wildman–Crippen LogP) is 3.06. The molecule has 16 heavy (non-hydrogen) atoms. The van der Waals surface area contributed by atoms with Gasteiger partial charge in [0.25, 0.3) is 0 Å². The monoisotopic (exact) mass is 359 g/mol. The third-order valence-electron chi connectivity index (χ3n) is 1.67. The zero-order chi connectivity index (χ0) is 10.6. The Morgan fingerprint density at radius 3 is 0.312 bits per heavy atom. The summed E-state index contributed by atoms with van der Waals surface area (Å²) >= 11 is 0. The first-order valence-electron chi connectivity index (χ1n) is 5.00. The van der Waals surface area contributed by atoms with Crippen LogP contribution in [0.4, 0.5) is 0 Å². The van der Waals surface area contributed by atoms with Gasteiger partial charge in [0, 0.05) is 38.2 Å². The molecule has 0 nitrogen and oxygen atoms in total. The SMILES string of the molecule is [CH]1[CH][CH][CH][CH]1.[CH]1[CH][CH][CH][CH]1.[CH]1[CH][CH][CH][CH]1.[Dy]. The summed E-state index contributed by atoms with van der Waals surface area (Å²) < 4.78 is 0. The average Bonchev–Trinajstić information content (AvgIpc) is 3.09. The third-order valence-corrected chi connectivity index (χ3v) is 1.67. The predicted molar refractivity (Wildman–Crippen MR) is 64.5 cm³/mol. The Balaban J connectivity index is 0.000000205. The van der Waals surface area contributed by atoms with Crippen LogP contribution in [0.3, 0.4) is 0 Å². The van der Waals surface area contributed by atoms with Crippen LogP contribution in [0.2, 0.25) is 0 Å². The second-order valence-electron chi connectivity index (χ2n) is 2.89. The maximum Gasteiger partial charge on any atom is 0 e. The van der Waals surface area contributed by atoms with Crippen molar-refractivity contribution in [2.75, 3.05) is 0 Å². The van der Waals surface area contributed by atoms with E-state index in [0.29, 0.717) is 0 Å². The Morgan fingerprint density at radius 1 is 0.188 bits per heavy atom. The second kappa shape index (κ2) is 14.3. The topological polar surface area (TPSA) is 0 Å². The molecule has 0 atom stereocenters. The van der Waals surface area contributed by atoms with Gasteiger partial charge in [0.1, 0.15) is 0 Å². The fraction of sp³-hybridized carbons (Fsp3) is 0. The van der Waals surface area contributed by atoms with E-state index in [9.17, 15) is 0 Å². The first-order valence-corrected chi connectivity index (χ1v) is 5.00. The van der Waals surface area contributed by atoms with Gasteiger partial charge in [-0.2, -0.15) is 0 Å². The van der Waals surface area contributed by atoms with Crippen LogP contribution >= 0.6 is 0 Å². The molecule has 0 heterocycles. The van der Waals surface area contributed by atoms with Crippen molar-refractivity contribution >= 4 is 0 Å². The molecule has 0 bridgehead atoms. The van der Waals surface area contributed by atoms with Crippen LogP contribution in [0.15, 0.2) is 0 Å². The normalized spacial score (nSPS) is 22.5. The van der Waals surface area contributed by atoms with Gasteiger partial charge in [0.2, 0.25) is 0 Å². The van der Waals surface area contributed by atoms with Crippen molar-refractivity contribution in [1.82, 2.24) is 0 Å². The minimum atomic E-state index is 0. The van der Waals surface area contributed by atoms with Gasteiger partial charge in [0.05, 0.1) is 0 Å². The van der Waals surface area contributed by atoms with Crippen LogP contribution in [0, 0.1) is 134 Å². The second-order valence-corrected chi connectivity index (χ2v) is 2.89. The van der Waals surface area contributed by atoms with Crippen molar-refractivity contribution in [3.05, 3.63) is 96.3 Å². The Kier molecular flexibility index (Phi) is 15.5. The van der Waals surface area contributed by atoms with Gasteiger partial charge >= 0.3 is 0 Å². The van der Waals surface area contributed by atoms with Gasteiger partial charge in [-0.1, -0.05) is 0 Å². The Hall–Kier alpha value is 1.27. The Morgan fingerprint density at radius 2 is 0.250 bits per heavy atom. The maximum absolute atomic E-state index is 2.00. The van der Waals surface area contributed by atoms with Gasteiger partial charge in [-0.15, -0.1) is 0 Å². The molecular weight excluding hydrogens is 343 g/mol. The molecule has 0 aromatic carbocycles. The summed E-state index contributed by atoms with van der Waals surface area (Å²) in [6.45, 7) is 0. The van der Waals surface area contributed by atoms with E-state index in [-0.39, 0.29) is 38.2 Å². The van der Waals surface area contributed by atoms with Gasteiger partial charge in [-0.25, -0.2) is 0 Å². The standard InChI is InChI=1S/3C5H5.Dy/c3*1-2-4-5-3-1;/h3*1-5H;. The molecule has 3 aliphatic rings. The summed E-state index contributed by atoms with van der Waals surface area (Å²) in [7, 11) is 0. The summed E-state index contributed by atoms with van der Waals surface area (Å²) in [5, 5.41) is 0. The summed E-state index contributed by atoms with van der Waals surface area (Å²) in [4.78, 5) is 0. The summed E-state index contributed by atoms with van der Waals surface area (Å²) in [6.07, 6.45) is 30.0. The van der Waals surface area contributed by atoms with Gasteiger partial charge in [-0.3, -0.25) is 0 Å². The van der Waals surface area contributed by atoms with Crippen LogP contribution in [0.1, 0.15) is 0 Å². The molecule has 0 spiro atoms. The van der Waals surface area contributed by atoms with Crippen LogP contribution in [-0.4, -0.2) is 0 Å². The number of rotatable bonds is 0. The fourth-order valence-corrected chi connectivity index (χ4v) is 0.962. The average molecular weight is 358 g/mol. The van der Waals surface area contributed by atoms with Gasteiger partial charge < -0.3 is 0 Å². The van der Waals surface area contributed by atoms with E-state index in [1.54, 1.807) is 0 Å². The van der Waals surface area contributed by atoms with Crippen LogP contribution in [-0.2, 0) is 0 Å². The molecule has 3 rings (SSSR count). The quantitative estimate of drug-likeness (QED) is 0.625. The van der Waals surface area contributed by atoms with Crippen LogP contribution in [0.25, 0.3) is 0 Å². The third kappa shape index (κ3) is 11.7. The van der Waals surface area contributed by atoms with Crippen molar-refractivity contribution in [3.63, 3.8) is 0 Å². The Bertz CT molecular complexity index is 64.0. The fourth-order valence-electron chi connectivity index (χ4n) is 0.962. The van der Waals surface area contributed by atoms with E-state index < -0.39 is 0 Å². The van der Waals surface area contributed by atoms with E-state index in [1.165, 1.54) is 0 Å². The zero-order valence-corrected chi connectivity index (χ0v) is 11.0. The summed E-state index contributed by atoms with van der Waals surface area (Å²) in [5.41, 5.74) is 0. The first kappa shape index (κ1) is 17.3. The molecule has 3 aliphatic carbocycles. The molecule has 15 radical (unpaired) electrons. The van der Waals surface area contributed by atoms with Crippen molar-refractivity contribution in [2.45, 2.75) is 0 Å². The molecule has 0 saturated heterocycles. The largest absolute Gasteiger partial charge is 0.0312 e. The maximum atomic E-state index is 2.00. The molecule has 0 aromatic rings. The van der Waals surface area contributed by atoms with Crippen molar-refractivity contribution in [1.29, 1.82) is 0 Å². The van der Waals surface area contributed by atoms with E-state index in [1.807, 2.05) is 96.3 Å². The van der Waals surface area contributed by atoms with Gasteiger partial charge in [-0.05, 0) is 96.3 Å². The van der Waals surface area contributed by atoms with E-state index in [0.717, 1.165) is 0 Å².